The first-order valence-corrected chi connectivity index (χ1v) is 7.30. The molecule has 0 spiro atoms. The highest BCUT2D eigenvalue weighted by atomic mass is 32.2. The largest absolute Gasteiger partial charge is 0.396 e. The summed E-state index contributed by atoms with van der Waals surface area (Å²) < 4.78 is 1.92. The van der Waals surface area contributed by atoms with Crippen LogP contribution in [-0.4, -0.2) is 34.3 Å². The van der Waals surface area contributed by atoms with Crippen molar-refractivity contribution in [2.45, 2.75) is 19.9 Å². The van der Waals surface area contributed by atoms with Gasteiger partial charge in [-0.2, -0.15) is 17.0 Å². The van der Waals surface area contributed by atoms with E-state index in [9.17, 15) is 0 Å². The summed E-state index contributed by atoms with van der Waals surface area (Å²) in [5.41, 5.74) is 3.04. The van der Waals surface area contributed by atoms with E-state index in [2.05, 4.69) is 11.4 Å². The lowest BCUT2D eigenvalue weighted by Gasteiger charge is -2.05. The summed E-state index contributed by atoms with van der Waals surface area (Å²) in [4.78, 5) is 0. The first-order valence-electron chi connectivity index (χ1n) is 6.15. The molecule has 100 valence electrons. The average molecular weight is 267 g/mol. The van der Waals surface area contributed by atoms with Crippen LogP contribution in [0.2, 0.25) is 0 Å². The normalized spacial score (nSPS) is 10.6. The number of hydrogen-bond acceptors (Lipinski definition) is 4. The van der Waals surface area contributed by atoms with Gasteiger partial charge in [0.25, 0.3) is 0 Å². The van der Waals surface area contributed by atoms with Crippen molar-refractivity contribution < 1.29 is 5.11 Å². The second-order valence-corrected chi connectivity index (χ2v) is 5.40. The first-order chi connectivity index (χ1) is 8.70. The van der Waals surface area contributed by atoms with Crippen molar-refractivity contribution in [3.63, 3.8) is 0 Å². The molecule has 0 saturated heterocycles. The number of aromatic nitrogens is 1. The number of nitrogens with one attached hydrogen (secondary N) is 1. The smallest absolute Gasteiger partial charge is 0.120 e. The van der Waals surface area contributed by atoms with E-state index in [1.807, 2.05) is 36.4 Å². The monoisotopic (exact) mass is 267 g/mol. The summed E-state index contributed by atoms with van der Waals surface area (Å²) in [6.07, 6.45) is 0.869. The lowest BCUT2D eigenvalue weighted by molar-refractivity contribution is 0.296. The highest BCUT2D eigenvalue weighted by molar-refractivity contribution is 7.99. The summed E-state index contributed by atoms with van der Waals surface area (Å²) in [6.45, 7) is 4.07. The minimum atomic E-state index is 0.278. The quantitative estimate of drug-likeness (QED) is 0.699. The molecular weight excluding hydrogens is 246 g/mol. The minimum Gasteiger partial charge on any atom is -0.396 e. The third-order valence-electron chi connectivity index (χ3n) is 2.94. The van der Waals surface area contributed by atoms with Crippen molar-refractivity contribution >= 4 is 11.8 Å². The molecule has 1 heterocycles. The van der Waals surface area contributed by atoms with E-state index in [0.29, 0.717) is 5.69 Å². The molecule has 0 aromatic carbocycles. The summed E-state index contributed by atoms with van der Waals surface area (Å²) in [5, 5.41) is 21.0. The zero-order chi connectivity index (χ0) is 13.4. The molecule has 4 nitrogen and oxygen atoms in total. The Hall–Kier alpha value is -0.960. The summed E-state index contributed by atoms with van der Waals surface area (Å²) in [5.74, 6) is 2.07. The SMILES string of the molecule is Cc1c(CNCCSCCCO)cc(C#N)n1C. The Morgan fingerprint density at radius 1 is 1.50 bits per heavy atom. The third-order valence-corrected chi connectivity index (χ3v) is 4.01. The third kappa shape index (κ3) is 4.37. The van der Waals surface area contributed by atoms with Gasteiger partial charge in [0.1, 0.15) is 11.8 Å². The van der Waals surface area contributed by atoms with Gasteiger partial charge < -0.3 is 15.0 Å². The zero-order valence-electron chi connectivity index (χ0n) is 11.1. The number of aliphatic hydroxyl groups is 1. The van der Waals surface area contributed by atoms with E-state index in [4.69, 9.17) is 10.4 Å². The molecule has 0 unspecified atom stereocenters. The Morgan fingerprint density at radius 3 is 2.89 bits per heavy atom. The van der Waals surface area contributed by atoms with Gasteiger partial charge >= 0.3 is 0 Å². The standard InChI is InChI=1S/C13H21N3OS/c1-11-12(8-13(9-14)16(11)2)10-15-4-7-18-6-3-5-17/h8,15,17H,3-7,10H2,1-2H3. The predicted molar refractivity (Wildman–Crippen MR) is 75.6 cm³/mol. The number of rotatable bonds is 8. The second-order valence-electron chi connectivity index (χ2n) is 4.18. The van der Waals surface area contributed by atoms with Gasteiger partial charge in [0.2, 0.25) is 0 Å². The predicted octanol–water partition coefficient (Wildman–Crippen LogP) is 1.41. The molecule has 0 radical (unpaired) electrons. The van der Waals surface area contributed by atoms with Crippen LogP contribution in [0.3, 0.4) is 0 Å². The van der Waals surface area contributed by atoms with Gasteiger partial charge in [-0.25, -0.2) is 0 Å². The number of aliphatic hydroxyl groups excluding tert-OH is 1. The lowest BCUT2D eigenvalue weighted by atomic mass is 10.2. The van der Waals surface area contributed by atoms with Crippen molar-refractivity contribution in [2.75, 3.05) is 24.7 Å². The van der Waals surface area contributed by atoms with E-state index in [1.54, 1.807) is 0 Å². The maximum atomic E-state index is 8.93. The van der Waals surface area contributed by atoms with E-state index in [1.165, 1.54) is 5.56 Å². The first kappa shape index (κ1) is 15.1. The van der Waals surface area contributed by atoms with Crippen LogP contribution in [-0.2, 0) is 13.6 Å². The highest BCUT2D eigenvalue weighted by Crippen LogP contribution is 2.12. The molecule has 0 amide bonds. The summed E-state index contributed by atoms with van der Waals surface area (Å²) >= 11 is 1.85. The van der Waals surface area contributed by atoms with Crippen molar-refractivity contribution in [1.29, 1.82) is 5.26 Å². The Morgan fingerprint density at radius 2 is 2.28 bits per heavy atom. The van der Waals surface area contributed by atoms with Crippen LogP contribution in [0, 0.1) is 18.3 Å². The van der Waals surface area contributed by atoms with Crippen LogP contribution in [0.5, 0.6) is 0 Å². The molecular formula is C13H21N3OS. The lowest BCUT2D eigenvalue weighted by Crippen LogP contribution is -2.17. The molecule has 0 atom stereocenters. The molecule has 0 saturated carbocycles. The minimum absolute atomic E-state index is 0.278. The fourth-order valence-corrected chi connectivity index (χ4v) is 2.51. The van der Waals surface area contributed by atoms with Gasteiger partial charge in [0.05, 0.1) is 0 Å². The van der Waals surface area contributed by atoms with Gasteiger partial charge in [-0.15, -0.1) is 0 Å². The van der Waals surface area contributed by atoms with E-state index in [0.717, 1.165) is 36.7 Å². The van der Waals surface area contributed by atoms with Gasteiger partial charge in [0.15, 0.2) is 0 Å². The van der Waals surface area contributed by atoms with Crippen LogP contribution in [0.25, 0.3) is 0 Å². The summed E-state index contributed by atoms with van der Waals surface area (Å²) in [7, 11) is 1.92. The molecule has 18 heavy (non-hydrogen) atoms. The molecule has 1 aromatic heterocycles. The van der Waals surface area contributed by atoms with E-state index < -0.39 is 0 Å². The zero-order valence-corrected chi connectivity index (χ0v) is 11.9. The van der Waals surface area contributed by atoms with Crippen molar-refractivity contribution in [2.24, 2.45) is 7.05 Å². The second kappa shape index (κ2) is 8.20. The van der Waals surface area contributed by atoms with Crippen molar-refractivity contribution in [3.05, 3.63) is 23.0 Å². The fraction of sp³-hybridized carbons (Fsp3) is 0.615. The van der Waals surface area contributed by atoms with Crippen LogP contribution in [0.1, 0.15) is 23.4 Å². The number of hydrogen-bond donors (Lipinski definition) is 2. The molecule has 1 rings (SSSR count). The van der Waals surface area contributed by atoms with Crippen molar-refractivity contribution in [3.8, 4) is 6.07 Å². The molecule has 1 aromatic rings. The van der Waals surface area contributed by atoms with Crippen LogP contribution in [0.15, 0.2) is 6.07 Å². The number of thioether (sulfide) groups is 1. The topological polar surface area (TPSA) is 61.0 Å². The van der Waals surface area contributed by atoms with Crippen LogP contribution < -0.4 is 5.32 Å². The maximum absolute atomic E-state index is 8.93. The highest BCUT2D eigenvalue weighted by Gasteiger charge is 2.07. The number of nitrogens with zero attached hydrogens (tertiary/aromatic N) is 2. The molecule has 0 aliphatic carbocycles. The Bertz CT molecular complexity index is 409. The average Bonchev–Trinajstić information content (AvgIpc) is 2.65. The molecule has 2 N–H and O–H groups in total. The van der Waals surface area contributed by atoms with E-state index >= 15 is 0 Å². The van der Waals surface area contributed by atoms with Crippen molar-refractivity contribution in [1.82, 2.24) is 9.88 Å². The Kier molecular flexibility index (Phi) is 6.88. The van der Waals surface area contributed by atoms with Gasteiger partial charge in [0, 0.05) is 38.2 Å². The molecule has 0 aliphatic heterocycles. The van der Waals surface area contributed by atoms with Gasteiger partial charge in [-0.05, 0) is 30.7 Å². The van der Waals surface area contributed by atoms with E-state index in [-0.39, 0.29) is 6.61 Å². The van der Waals surface area contributed by atoms with Gasteiger partial charge in [-0.1, -0.05) is 0 Å². The number of nitriles is 1. The van der Waals surface area contributed by atoms with Gasteiger partial charge in [-0.3, -0.25) is 0 Å². The molecule has 0 fully saturated rings. The molecule has 0 bridgehead atoms. The Balaban J connectivity index is 2.26. The fourth-order valence-electron chi connectivity index (χ4n) is 1.68. The molecule has 5 heteroatoms. The van der Waals surface area contributed by atoms with Crippen LogP contribution >= 0.6 is 11.8 Å². The molecule has 0 aliphatic rings. The van der Waals surface area contributed by atoms with Crippen LogP contribution in [0.4, 0.5) is 0 Å². The Labute approximate surface area is 113 Å². The maximum Gasteiger partial charge on any atom is 0.120 e. The summed E-state index contributed by atoms with van der Waals surface area (Å²) in [6, 6.07) is 4.13.